The monoisotopic (exact) mass is 403 g/mol. The van der Waals surface area contributed by atoms with Gasteiger partial charge in [0.2, 0.25) is 0 Å². The number of nitrogens with zero attached hydrogens (tertiary/aromatic N) is 4. The van der Waals surface area contributed by atoms with Crippen molar-refractivity contribution >= 4 is 22.9 Å². The molecular formula is C20H20F3N5O. The minimum absolute atomic E-state index is 0.267. The number of carbonyl (C=O) groups excluding carboxylic acids is 1. The Balaban J connectivity index is 1.36. The van der Waals surface area contributed by atoms with Gasteiger partial charge >= 0.3 is 12.2 Å². The number of nitrogens with one attached hydrogen (secondary N) is 1. The number of carbonyl (C=O) groups is 1. The Morgan fingerprint density at radius 1 is 1.24 bits per heavy atom. The van der Waals surface area contributed by atoms with E-state index in [4.69, 9.17) is 0 Å². The summed E-state index contributed by atoms with van der Waals surface area (Å²) in [5.41, 5.74) is 1.28. The first kappa shape index (κ1) is 19.2. The maximum absolute atomic E-state index is 12.6. The largest absolute Gasteiger partial charge is 0.416 e. The number of halogens is 3. The van der Waals surface area contributed by atoms with Gasteiger partial charge in [0, 0.05) is 38.4 Å². The SMILES string of the molecule is Cn1c(C[C@H]2CCN(C(=O)Nc3ccc(C(F)(F)F)cc3)C2)nc2cccnc21. The number of urea groups is 1. The van der Waals surface area contributed by atoms with Crippen molar-refractivity contribution < 1.29 is 18.0 Å². The number of aromatic nitrogens is 3. The molecule has 29 heavy (non-hydrogen) atoms. The number of amides is 2. The van der Waals surface area contributed by atoms with Crippen molar-refractivity contribution in [2.75, 3.05) is 18.4 Å². The van der Waals surface area contributed by atoms with Crippen LogP contribution in [0.15, 0.2) is 42.6 Å². The van der Waals surface area contributed by atoms with Gasteiger partial charge in [-0.15, -0.1) is 0 Å². The number of pyridine rings is 1. The van der Waals surface area contributed by atoms with E-state index in [1.165, 1.54) is 12.1 Å². The molecule has 1 aliphatic rings. The van der Waals surface area contributed by atoms with Crippen LogP contribution in [0.2, 0.25) is 0 Å². The molecule has 3 heterocycles. The van der Waals surface area contributed by atoms with Crippen molar-refractivity contribution in [3.05, 3.63) is 54.0 Å². The van der Waals surface area contributed by atoms with Crippen LogP contribution >= 0.6 is 0 Å². The average Bonchev–Trinajstić information content (AvgIpc) is 3.27. The van der Waals surface area contributed by atoms with Crippen LogP contribution in [-0.4, -0.2) is 38.6 Å². The number of hydrogen-bond donors (Lipinski definition) is 1. The third-order valence-corrected chi connectivity index (χ3v) is 5.23. The van der Waals surface area contributed by atoms with Crippen LogP contribution in [0, 0.1) is 5.92 Å². The normalized spacial score (nSPS) is 17.1. The molecular weight excluding hydrogens is 383 g/mol. The summed E-state index contributed by atoms with van der Waals surface area (Å²) in [7, 11) is 1.93. The third-order valence-electron chi connectivity index (χ3n) is 5.23. The number of rotatable bonds is 3. The van der Waals surface area contributed by atoms with Crippen LogP contribution in [0.3, 0.4) is 0 Å². The molecule has 1 atom stereocenters. The molecule has 1 aromatic carbocycles. The van der Waals surface area contributed by atoms with Crippen LogP contribution in [0.4, 0.5) is 23.7 Å². The minimum atomic E-state index is -4.39. The molecule has 0 radical (unpaired) electrons. The van der Waals surface area contributed by atoms with E-state index in [2.05, 4.69) is 15.3 Å². The van der Waals surface area contributed by atoms with Crippen molar-refractivity contribution in [2.24, 2.45) is 13.0 Å². The Hall–Kier alpha value is -3.10. The van der Waals surface area contributed by atoms with Crippen molar-refractivity contribution in [3.8, 4) is 0 Å². The lowest BCUT2D eigenvalue weighted by Crippen LogP contribution is -2.33. The first-order valence-corrected chi connectivity index (χ1v) is 9.31. The second-order valence-corrected chi connectivity index (χ2v) is 7.24. The van der Waals surface area contributed by atoms with Crippen molar-refractivity contribution in [2.45, 2.75) is 19.0 Å². The Labute approximate surface area is 165 Å². The summed E-state index contributed by atoms with van der Waals surface area (Å²) in [6.45, 7) is 1.17. The van der Waals surface area contributed by atoms with E-state index < -0.39 is 11.7 Å². The quantitative estimate of drug-likeness (QED) is 0.717. The van der Waals surface area contributed by atoms with Gasteiger partial charge in [-0.25, -0.2) is 14.8 Å². The van der Waals surface area contributed by atoms with E-state index in [1.807, 2.05) is 23.7 Å². The van der Waals surface area contributed by atoms with Crippen molar-refractivity contribution in [1.82, 2.24) is 19.4 Å². The number of imidazole rings is 1. The van der Waals surface area contributed by atoms with Gasteiger partial charge in [0.05, 0.1) is 5.56 Å². The summed E-state index contributed by atoms with van der Waals surface area (Å²) >= 11 is 0. The minimum Gasteiger partial charge on any atom is -0.324 e. The van der Waals surface area contributed by atoms with Crippen LogP contribution in [-0.2, 0) is 19.6 Å². The van der Waals surface area contributed by atoms with Gasteiger partial charge in [-0.05, 0) is 48.7 Å². The number of benzene rings is 1. The first-order chi connectivity index (χ1) is 13.8. The summed E-state index contributed by atoms with van der Waals surface area (Å²) in [6, 6.07) is 7.91. The predicted molar refractivity (Wildman–Crippen MR) is 102 cm³/mol. The van der Waals surface area contributed by atoms with Gasteiger partial charge < -0.3 is 14.8 Å². The van der Waals surface area contributed by atoms with Crippen molar-refractivity contribution in [3.63, 3.8) is 0 Å². The molecule has 2 amide bonds. The third kappa shape index (κ3) is 4.03. The summed E-state index contributed by atoms with van der Waals surface area (Å²) in [5.74, 6) is 1.19. The lowest BCUT2D eigenvalue weighted by molar-refractivity contribution is -0.137. The number of likely N-dealkylation sites (tertiary alicyclic amines) is 1. The van der Waals surface area contributed by atoms with Gasteiger partial charge in [-0.1, -0.05) is 0 Å². The molecule has 1 saturated heterocycles. The maximum atomic E-state index is 12.6. The molecule has 0 unspecified atom stereocenters. The van der Waals surface area contributed by atoms with E-state index in [0.717, 1.165) is 42.0 Å². The highest BCUT2D eigenvalue weighted by atomic mass is 19.4. The summed E-state index contributed by atoms with van der Waals surface area (Å²) in [6.07, 6.45) is -1.08. The second kappa shape index (κ2) is 7.38. The zero-order valence-electron chi connectivity index (χ0n) is 15.8. The summed E-state index contributed by atoms with van der Waals surface area (Å²) < 4.78 is 39.9. The number of alkyl halides is 3. The van der Waals surface area contributed by atoms with Crippen LogP contribution in [0.25, 0.3) is 11.2 Å². The molecule has 152 valence electrons. The highest BCUT2D eigenvalue weighted by Gasteiger charge is 2.30. The van der Waals surface area contributed by atoms with E-state index in [1.54, 1.807) is 11.1 Å². The van der Waals surface area contributed by atoms with E-state index in [0.29, 0.717) is 18.8 Å². The number of hydrogen-bond acceptors (Lipinski definition) is 3. The van der Waals surface area contributed by atoms with Gasteiger partial charge in [-0.2, -0.15) is 13.2 Å². The molecule has 1 N–H and O–H groups in total. The zero-order chi connectivity index (χ0) is 20.6. The molecule has 3 aromatic rings. The van der Waals surface area contributed by atoms with Crippen molar-refractivity contribution in [1.29, 1.82) is 0 Å². The fraction of sp³-hybridized carbons (Fsp3) is 0.350. The Morgan fingerprint density at radius 3 is 2.69 bits per heavy atom. The van der Waals surface area contributed by atoms with Crippen LogP contribution < -0.4 is 5.32 Å². The lowest BCUT2D eigenvalue weighted by atomic mass is 10.0. The fourth-order valence-corrected chi connectivity index (χ4v) is 3.64. The molecule has 1 fully saturated rings. The molecule has 0 spiro atoms. The van der Waals surface area contributed by atoms with Gasteiger partial charge in [-0.3, -0.25) is 0 Å². The maximum Gasteiger partial charge on any atom is 0.416 e. The van der Waals surface area contributed by atoms with E-state index in [9.17, 15) is 18.0 Å². The highest BCUT2D eigenvalue weighted by molar-refractivity contribution is 5.89. The standard InChI is InChI=1S/C20H20F3N5O/c1-27-17(26-16-3-2-9-24-18(16)27)11-13-8-10-28(12-13)19(29)25-15-6-4-14(5-7-15)20(21,22)23/h2-7,9,13H,8,10-12H2,1H3,(H,25,29)/t13-/m1/s1. The number of anilines is 1. The first-order valence-electron chi connectivity index (χ1n) is 9.31. The molecule has 1 aliphatic heterocycles. The molecule has 0 aliphatic carbocycles. The van der Waals surface area contributed by atoms with Gasteiger partial charge in [0.15, 0.2) is 5.65 Å². The molecule has 9 heteroatoms. The number of fused-ring (bicyclic) bond motifs is 1. The highest BCUT2D eigenvalue weighted by Crippen LogP contribution is 2.30. The fourth-order valence-electron chi connectivity index (χ4n) is 3.64. The second-order valence-electron chi connectivity index (χ2n) is 7.24. The Kier molecular flexibility index (Phi) is 4.89. The Bertz CT molecular complexity index is 1030. The van der Waals surface area contributed by atoms with Gasteiger partial charge in [0.25, 0.3) is 0 Å². The summed E-state index contributed by atoms with van der Waals surface area (Å²) in [4.78, 5) is 23.1. The van der Waals surface area contributed by atoms with Crippen LogP contribution in [0.5, 0.6) is 0 Å². The molecule has 6 nitrogen and oxygen atoms in total. The zero-order valence-corrected chi connectivity index (χ0v) is 15.8. The van der Waals surface area contributed by atoms with E-state index in [-0.39, 0.29) is 11.9 Å². The molecule has 0 bridgehead atoms. The smallest absolute Gasteiger partial charge is 0.324 e. The van der Waals surface area contributed by atoms with E-state index >= 15 is 0 Å². The Morgan fingerprint density at radius 2 is 2.00 bits per heavy atom. The molecule has 2 aromatic heterocycles. The van der Waals surface area contributed by atoms with Gasteiger partial charge in [0.1, 0.15) is 11.3 Å². The van der Waals surface area contributed by atoms with Crippen LogP contribution in [0.1, 0.15) is 17.8 Å². The number of aryl methyl sites for hydroxylation is 1. The topological polar surface area (TPSA) is 63.1 Å². The predicted octanol–water partition coefficient (Wildman–Crippen LogP) is 4.08. The summed E-state index contributed by atoms with van der Waals surface area (Å²) in [5, 5.41) is 2.67. The molecule has 0 saturated carbocycles. The molecule has 4 rings (SSSR count). The lowest BCUT2D eigenvalue weighted by Gasteiger charge is -2.18. The average molecular weight is 403 g/mol.